The number of carbonyl (C=O) groups is 2. The summed E-state index contributed by atoms with van der Waals surface area (Å²) in [5, 5.41) is 11.9. The second-order valence-electron chi connectivity index (χ2n) is 5.03. The average molecular weight is 276 g/mol. The van der Waals surface area contributed by atoms with Crippen molar-refractivity contribution < 1.29 is 14.7 Å². The highest BCUT2D eigenvalue weighted by Gasteiger charge is 2.26. The molecule has 1 unspecified atom stereocenters. The number of carboxylic acids is 1. The number of likely N-dealkylation sites (tertiary alicyclic amines) is 1. The van der Waals surface area contributed by atoms with Crippen molar-refractivity contribution >= 4 is 17.7 Å². The highest BCUT2D eigenvalue weighted by Crippen LogP contribution is 2.22. The molecule has 0 radical (unpaired) electrons. The maximum absolute atomic E-state index is 12.3. The van der Waals surface area contributed by atoms with Crippen LogP contribution in [0.5, 0.6) is 0 Å². The maximum atomic E-state index is 12.3. The molecule has 1 atom stereocenters. The van der Waals surface area contributed by atoms with E-state index in [-0.39, 0.29) is 17.6 Å². The van der Waals surface area contributed by atoms with E-state index in [0.717, 1.165) is 32.2 Å². The van der Waals surface area contributed by atoms with Crippen molar-refractivity contribution in [1.82, 2.24) is 4.90 Å². The molecule has 5 nitrogen and oxygen atoms in total. The zero-order valence-corrected chi connectivity index (χ0v) is 11.6. The first kappa shape index (κ1) is 14.4. The molecule has 1 aliphatic heterocycles. The summed E-state index contributed by atoms with van der Waals surface area (Å²) >= 11 is 0. The number of hydrogen-bond donors (Lipinski definition) is 2. The number of piperidine rings is 1. The molecule has 5 heteroatoms. The lowest BCUT2D eigenvalue weighted by Gasteiger charge is -2.35. The molecule has 108 valence electrons. The number of rotatable bonds is 3. The van der Waals surface area contributed by atoms with Gasteiger partial charge in [-0.15, -0.1) is 0 Å². The smallest absolute Gasteiger partial charge is 0.337 e. The van der Waals surface area contributed by atoms with Gasteiger partial charge in [-0.3, -0.25) is 0 Å². The molecule has 1 fully saturated rings. The van der Waals surface area contributed by atoms with Crippen LogP contribution in [-0.4, -0.2) is 34.6 Å². The van der Waals surface area contributed by atoms with E-state index < -0.39 is 5.97 Å². The predicted molar refractivity (Wildman–Crippen MR) is 77.1 cm³/mol. The number of hydrogen-bond acceptors (Lipinski definition) is 2. The average Bonchev–Trinajstić information content (AvgIpc) is 2.47. The third-order valence-electron chi connectivity index (χ3n) is 3.76. The molecule has 1 heterocycles. The van der Waals surface area contributed by atoms with Crippen LogP contribution in [0.15, 0.2) is 24.3 Å². The highest BCUT2D eigenvalue weighted by molar-refractivity contribution is 6.00. The molecule has 2 rings (SSSR count). The molecule has 0 saturated carbocycles. The number of carbonyl (C=O) groups excluding carboxylic acids is 1. The molecular formula is C15H20N2O3. The van der Waals surface area contributed by atoms with E-state index in [0.29, 0.717) is 5.69 Å². The van der Waals surface area contributed by atoms with Gasteiger partial charge in [0.1, 0.15) is 0 Å². The summed E-state index contributed by atoms with van der Waals surface area (Å²) in [6, 6.07) is 6.52. The summed E-state index contributed by atoms with van der Waals surface area (Å²) < 4.78 is 0. The molecule has 0 spiro atoms. The van der Waals surface area contributed by atoms with Crippen molar-refractivity contribution in [3.05, 3.63) is 29.8 Å². The number of carboxylic acid groups (broad SMARTS) is 1. The van der Waals surface area contributed by atoms with Crippen LogP contribution in [0.1, 0.15) is 43.0 Å². The topological polar surface area (TPSA) is 69.6 Å². The minimum Gasteiger partial charge on any atom is -0.478 e. The number of nitrogens with one attached hydrogen (secondary N) is 1. The first-order chi connectivity index (χ1) is 9.63. The van der Waals surface area contributed by atoms with Gasteiger partial charge < -0.3 is 15.3 Å². The molecule has 20 heavy (non-hydrogen) atoms. The lowest BCUT2D eigenvalue weighted by Crippen LogP contribution is -2.45. The zero-order chi connectivity index (χ0) is 14.5. The largest absolute Gasteiger partial charge is 0.478 e. The van der Waals surface area contributed by atoms with Gasteiger partial charge in [0.15, 0.2) is 0 Å². The summed E-state index contributed by atoms with van der Waals surface area (Å²) in [6.07, 6.45) is 4.09. The van der Waals surface area contributed by atoms with Crippen molar-refractivity contribution in [3.8, 4) is 0 Å². The maximum Gasteiger partial charge on any atom is 0.337 e. The van der Waals surface area contributed by atoms with E-state index in [4.69, 9.17) is 5.11 Å². The highest BCUT2D eigenvalue weighted by atomic mass is 16.4. The van der Waals surface area contributed by atoms with E-state index in [2.05, 4.69) is 12.2 Å². The van der Waals surface area contributed by atoms with Crippen molar-refractivity contribution in [1.29, 1.82) is 0 Å². The molecule has 1 aromatic carbocycles. The van der Waals surface area contributed by atoms with Crippen molar-refractivity contribution in [2.75, 3.05) is 11.9 Å². The fourth-order valence-corrected chi connectivity index (χ4v) is 2.66. The molecular weight excluding hydrogens is 256 g/mol. The van der Waals surface area contributed by atoms with Crippen molar-refractivity contribution in [3.63, 3.8) is 0 Å². The zero-order valence-electron chi connectivity index (χ0n) is 11.6. The van der Waals surface area contributed by atoms with Gasteiger partial charge in [0.25, 0.3) is 0 Å². The fourth-order valence-electron chi connectivity index (χ4n) is 2.66. The number of aromatic carboxylic acids is 1. The summed E-state index contributed by atoms with van der Waals surface area (Å²) in [4.78, 5) is 25.3. The Morgan fingerprint density at radius 1 is 1.35 bits per heavy atom. The molecule has 1 saturated heterocycles. The van der Waals surface area contributed by atoms with Crippen LogP contribution >= 0.6 is 0 Å². The van der Waals surface area contributed by atoms with E-state index in [9.17, 15) is 9.59 Å². The monoisotopic (exact) mass is 276 g/mol. The van der Waals surface area contributed by atoms with Crippen LogP contribution in [0.3, 0.4) is 0 Å². The number of nitrogens with zero attached hydrogens (tertiary/aromatic N) is 1. The number of amides is 2. The minimum atomic E-state index is -1.04. The lowest BCUT2D eigenvalue weighted by molar-refractivity contribution is 0.0698. The Labute approximate surface area is 118 Å². The SMILES string of the molecule is CCC1CCCCN1C(=O)Nc1ccccc1C(=O)O. The normalized spacial score (nSPS) is 18.6. The summed E-state index contributed by atoms with van der Waals surface area (Å²) in [6.45, 7) is 2.81. The van der Waals surface area contributed by atoms with Crippen LogP contribution in [0, 0.1) is 0 Å². The standard InChI is InChI=1S/C15H20N2O3/c1-2-11-7-5-6-10-17(11)15(20)16-13-9-4-3-8-12(13)14(18)19/h3-4,8-9,11H,2,5-7,10H2,1H3,(H,16,20)(H,18,19). The first-order valence-corrected chi connectivity index (χ1v) is 7.03. The minimum absolute atomic E-state index is 0.117. The molecule has 1 aliphatic rings. The van der Waals surface area contributed by atoms with Crippen molar-refractivity contribution in [2.45, 2.75) is 38.6 Å². The Hall–Kier alpha value is -2.04. The Morgan fingerprint density at radius 3 is 2.80 bits per heavy atom. The molecule has 2 N–H and O–H groups in total. The second-order valence-corrected chi connectivity index (χ2v) is 5.03. The summed E-state index contributed by atoms with van der Waals surface area (Å²) in [7, 11) is 0. The van der Waals surface area contributed by atoms with Crippen LogP contribution in [0.25, 0.3) is 0 Å². The van der Waals surface area contributed by atoms with Gasteiger partial charge in [0, 0.05) is 12.6 Å². The van der Waals surface area contributed by atoms with Gasteiger partial charge in [-0.25, -0.2) is 9.59 Å². The van der Waals surface area contributed by atoms with E-state index >= 15 is 0 Å². The first-order valence-electron chi connectivity index (χ1n) is 7.03. The van der Waals surface area contributed by atoms with Crippen LogP contribution in [-0.2, 0) is 0 Å². The van der Waals surface area contributed by atoms with Gasteiger partial charge in [-0.2, -0.15) is 0 Å². The van der Waals surface area contributed by atoms with Crippen LogP contribution in [0.4, 0.5) is 10.5 Å². The molecule has 1 aromatic rings. The van der Waals surface area contributed by atoms with Gasteiger partial charge >= 0.3 is 12.0 Å². The Balaban J connectivity index is 2.13. The van der Waals surface area contributed by atoms with Gasteiger partial charge in [0.2, 0.25) is 0 Å². The fraction of sp³-hybridized carbons (Fsp3) is 0.467. The number of anilines is 1. The summed E-state index contributed by atoms with van der Waals surface area (Å²) in [5.74, 6) is -1.04. The van der Waals surface area contributed by atoms with Crippen LogP contribution < -0.4 is 5.32 Å². The third kappa shape index (κ3) is 3.10. The van der Waals surface area contributed by atoms with Gasteiger partial charge in [0.05, 0.1) is 11.3 Å². The van der Waals surface area contributed by atoms with E-state index in [1.54, 1.807) is 18.2 Å². The Morgan fingerprint density at radius 2 is 2.10 bits per heavy atom. The Kier molecular flexibility index (Phi) is 4.61. The van der Waals surface area contributed by atoms with Crippen LogP contribution in [0.2, 0.25) is 0 Å². The van der Waals surface area contributed by atoms with E-state index in [1.165, 1.54) is 6.07 Å². The lowest BCUT2D eigenvalue weighted by atomic mass is 10.0. The molecule has 0 bridgehead atoms. The van der Waals surface area contributed by atoms with E-state index in [1.807, 2.05) is 4.90 Å². The third-order valence-corrected chi connectivity index (χ3v) is 3.76. The number of urea groups is 1. The molecule has 0 aliphatic carbocycles. The number of para-hydroxylation sites is 1. The van der Waals surface area contributed by atoms with Gasteiger partial charge in [-0.05, 0) is 37.8 Å². The van der Waals surface area contributed by atoms with Crippen molar-refractivity contribution in [2.24, 2.45) is 0 Å². The number of benzene rings is 1. The summed E-state index contributed by atoms with van der Waals surface area (Å²) in [5.41, 5.74) is 0.469. The quantitative estimate of drug-likeness (QED) is 0.890. The Bertz CT molecular complexity index is 502. The van der Waals surface area contributed by atoms with Gasteiger partial charge in [-0.1, -0.05) is 19.1 Å². The second kappa shape index (κ2) is 6.41. The molecule has 0 aromatic heterocycles. The predicted octanol–water partition coefficient (Wildman–Crippen LogP) is 3.18. The molecule has 2 amide bonds.